The first-order valence-electron chi connectivity index (χ1n) is 11.9. The topological polar surface area (TPSA) is 110 Å². The molecule has 2 heterocycles. The van der Waals surface area contributed by atoms with Gasteiger partial charge in [0, 0.05) is 31.3 Å². The maximum Gasteiger partial charge on any atom is 0.331 e. The number of ether oxygens (including phenoxy) is 1. The number of carbonyl (C=O) groups is 4. The highest BCUT2D eigenvalue weighted by Crippen LogP contribution is 2.25. The average molecular weight is 460 g/mol. The van der Waals surface area contributed by atoms with Gasteiger partial charge in [0.1, 0.15) is 11.9 Å². The number of nitrogens with one attached hydrogen (secondary N) is 1. The van der Waals surface area contributed by atoms with E-state index in [0.717, 1.165) is 31.3 Å². The number of esters is 1. The lowest BCUT2D eigenvalue weighted by atomic mass is 9.87. The van der Waals surface area contributed by atoms with Crippen molar-refractivity contribution < 1.29 is 29.0 Å². The van der Waals surface area contributed by atoms with Crippen molar-refractivity contribution in [1.82, 2.24) is 5.32 Å². The fraction of sp³-hybridized carbons (Fsp3) is 0.615. The van der Waals surface area contributed by atoms with Crippen molar-refractivity contribution in [1.29, 1.82) is 0 Å². The predicted molar refractivity (Wildman–Crippen MR) is 125 cm³/mol. The van der Waals surface area contributed by atoms with Gasteiger partial charge in [-0.1, -0.05) is 38.2 Å². The summed E-state index contributed by atoms with van der Waals surface area (Å²) in [6.45, 7) is 5.67. The normalized spacial score (nSPS) is 27.4. The molecule has 0 aromatic heterocycles. The summed E-state index contributed by atoms with van der Waals surface area (Å²) in [5.74, 6) is -1.82. The molecule has 0 bridgehead atoms. The molecule has 2 rings (SSSR count). The third-order valence-corrected chi connectivity index (χ3v) is 6.21. The quantitative estimate of drug-likeness (QED) is 0.342. The van der Waals surface area contributed by atoms with Gasteiger partial charge in [-0.05, 0) is 56.4 Å². The fourth-order valence-corrected chi connectivity index (χ4v) is 4.43. The molecule has 0 radical (unpaired) electrons. The van der Waals surface area contributed by atoms with Crippen LogP contribution < -0.4 is 5.32 Å². The van der Waals surface area contributed by atoms with Crippen molar-refractivity contribution in [2.45, 2.75) is 84.3 Å². The fourth-order valence-electron chi connectivity index (χ4n) is 4.43. The largest absolute Gasteiger partial charge is 0.454 e. The molecule has 182 valence electrons. The molecule has 7 heteroatoms. The number of piperidine rings is 1. The van der Waals surface area contributed by atoms with Crippen LogP contribution in [0.3, 0.4) is 0 Å². The van der Waals surface area contributed by atoms with Crippen LogP contribution in [0.2, 0.25) is 0 Å². The zero-order valence-corrected chi connectivity index (χ0v) is 19.9. The maximum atomic E-state index is 12.7. The number of rotatable bonds is 7. The Balaban J connectivity index is 1.98. The van der Waals surface area contributed by atoms with E-state index in [1.807, 2.05) is 26.0 Å². The third-order valence-electron chi connectivity index (χ3n) is 6.21. The number of carbonyl (C=O) groups excluding carboxylic acids is 4. The van der Waals surface area contributed by atoms with Crippen molar-refractivity contribution in [3.8, 4) is 0 Å². The molecule has 33 heavy (non-hydrogen) atoms. The summed E-state index contributed by atoms with van der Waals surface area (Å²) in [7, 11) is 0. The molecule has 1 unspecified atom stereocenters. The van der Waals surface area contributed by atoms with E-state index in [4.69, 9.17) is 4.74 Å². The third kappa shape index (κ3) is 9.46. The predicted octanol–water partition coefficient (Wildman–Crippen LogP) is 3.57. The molecule has 0 saturated carbocycles. The lowest BCUT2D eigenvalue weighted by molar-refractivity contribution is -0.143. The van der Waals surface area contributed by atoms with E-state index in [9.17, 15) is 24.3 Å². The lowest BCUT2D eigenvalue weighted by Gasteiger charge is -2.26. The van der Waals surface area contributed by atoms with E-state index in [1.165, 1.54) is 6.08 Å². The van der Waals surface area contributed by atoms with Crippen molar-refractivity contribution in [2.75, 3.05) is 0 Å². The smallest absolute Gasteiger partial charge is 0.331 e. The summed E-state index contributed by atoms with van der Waals surface area (Å²) in [6, 6.07) is 0. The second-order valence-electron chi connectivity index (χ2n) is 9.37. The van der Waals surface area contributed by atoms with Crippen molar-refractivity contribution in [3.63, 3.8) is 0 Å². The van der Waals surface area contributed by atoms with Gasteiger partial charge >= 0.3 is 5.97 Å². The van der Waals surface area contributed by atoms with E-state index in [1.54, 1.807) is 6.92 Å². The number of hydrogen-bond acceptors (Lipinski definition) is 6. The highest BCUT2D eigenvalue weighted by Gasteiger charge is 2.28. The van der Waals surface area contributed by atoms with Crippen molar-refractivity contribution >= 4 is 23.6 Å². The molecule has 4 atom stereocenters. The number of aliphatic hydroxyl groups excluding tert-OH is 1. The van der Waals surface area contributed by atoms with Gasteiger partial charge in [0.25, 0.3) is 0 Å². The first kappa shape index (κ1) is 26.7. The van der Waals surface area contributed by atoms with Crippen molar-refractivity contribution in [2.24, 2.45) is 17.8 Å². The van der Waals surface area contributed by atoms with E-state index in [0.29, 0.717) is 0 Å². The number of aliphatic hydroxyl groups is 1. The Morgan fingerprint density at radius 3 is 2.48 bits per heavy atom. The zero-order valence-electron chi connectivity index (χ0n) is 19.9. The van der Waals surface area contributed by atoms with Gasteiger partial charge in [-0.25, -0.2) is 4.79 Å². The summed E-state index contributed by atoms with van der Waals surface area (Å²) in [5.41, 5.74) is 0.815. The molecule has 2 amide bonds. The second-order valence-corrected chi connectivity index (χ2v) is 9.37. The molecule has 1 fully saturated rings. The minimum absolute atomic E-state index is 0.0508. The van der Waals surface area contributed by atoms with Crippen LogP contribution in [0.5, 0.6) is 0 Å². The Kier molecular flexibility index (Phi) is 10.7. The van der Waals surface area contributed by atoms with Crippen LogP contribution in [0.15, 0.2) is 36.0 Å². The molecule has 7 nitrogen and oxygen atoms in total. The Morgan fingerprint density at radius 1 is 1.15 bits per heavy atom. The number of allylic oxidation sites excluding steroid dienone is 4. The molecule has 0 aromatic carbocycles. The van der Waals surface area contributed by atoms with Crippen molar-refractivity contribution in [3.05, 3.63) is 36.0 Å². The first-order valence-corrected chi connectivity index (χ1v) is 11.9. The van der Waals surface area contributed by atoms with Crippen LogP contribution in [0, 0.1) is 17.8 Å². The highest BCUT2D eigenvalue weighted by atomic mass is 16.5. The van der Waals surface area contributed by atoms with E-state index in [2.05, 4.69) is 17.5 Å². The summed E-state index contributed by atoms with van der Waals surface area (Å²) in [4.78, 5) is 48.0. The van der Waals surface area contributed by atoms with Crippen LogP contribution >= 0.6 is 0 Å². The molecule has 0 aromatic rings. The molecule has 0 spiro atoms. The van der Waals surface area contributed by atoms with Gasteiger partial charge in [0.05, 0.1) is 6.10 Å². The zero-order chi connectivity index (χ0) is 24.4. The highest BCUT2D eigenvalue weighted by molar-refractivity contribution is 5.97. The summed E-state index contributed by atoms with van der Waals surface area (Å²) in [5, 5.41) is 12.6. The van der Waals surface area contributed by atoms with Gasteiger partial charge < -0.3 is 9.84 Å². The average Bonchev–Trinajstić information content (AvgIpc) is 2.71. The van der Waals surface area contributed by atoms with Gasteiger partial charge in [-0.3, -0.25) is 19.7 Å². The second kappa shape index (κ2) is 13.2. The van der Waals surface area contributed by atoms with Gasteiger partial charge in [0.2, 0.25) is 11.8 Å². The van der Waals surface area contributed by atoms with E-state index < -0.39 is 18.1 Å². The first-order chi connectivity index (χ1) is 15.7. The number of imide groups is 1. The van der Waals surface area contributed by atoms with Gasteiger partial charge in [0.15, 0.2) is 0 Å². The molecular formula is C26H37NO6. The minimum Gasteiger partial charge on any atom is -0.454 e. The molecule has 2 N–H and O–H groups in total. The monoisotopic (exact) mass is 459 g/mol. The number of cyclic esters (lactones) is 1. The molecule has 2 aliphatic rings. The van der Waals surface area contributed by atoms with Crippen LogP contribution in [0.4, 0.5) is 0 Å². The Hall–Kier alpha value is -2.54. The number of hydrogen-bond donors (Lipinski definition) is 2. The summed E-state index contributed by atoms with van der Waals surface area (Å²) in [6.07, 6.45) is 12.0. The molecule has 1 saturated heterocycles. The summed E-state index contributed by atoms with van der Waals surface area (Å²) < 4.78 is 5.73. The number of Topliss-reactive ketones (excluding diaryl/α,β-unsaturated/α-hetero) is 1. The van der Waals surface area contributed by atoms with Crippen LogP contribution in [0.1, 0.15) is 72.1 Å². The minimum atomic E-state index is -0.910. The maximum absolute atomic E-state index is 12.7. The van der Waals surface area contributed by atoms with E-state index in [-0.39, 0.29) is 61.1 Å². The SMILES string of the molecule is C/C(=C\[C@H](C)C(=O)C[C@H](O)CC1CC(=O)NC(=O)C1)C1OC(=O)/C=C/CC/C=C/CC[C@@H]1C. The Morgan fingerprint density at radius 2 is 1.79 bits per heavy atom. The van der Waals surface area contributed by atoms with Gasteiger partial charge in [-0.2, -0.15) is 0 Å². The molecule has 0 aliphatic carbocycles. The van der Waals surface area contributed by atoms with Crippen LogP contribution in [-0.2, 0) is 23.9 Å². The van der Waals surface area contributed by atoms with Gasteiger partial charge in [-0.15, -0.1) is 0 Å². The lowest BCUT2D eigenvalue weighted by Crippen LogP contribution is -2.39. The summed E-state index contributed by atoms with van der Waals surface area (Å²) >= 11 is 0. The Labute approximate surface area is 196 Å². The van der Waals surface area contributed by atoms with E-state index >= 15 is 0 Å². The molecular weight excluding hydrogens is 422 g/mol. The molecule has 2 aliphatic heterocycles. The van der Waals surface area contributed by atoms with Crippen LogP contribution in [0.25, 0.3) is 0 Å². The van der Waals surface area contributed by atoms with Crippen LogP contribution in [-0.4, -0.2) is 40.9 Å². The Bertz CT molecular complexity index is 796. The number of ketones is 1. The number of amides is 2. The standard InChI is InChI=1S/C26H37NO6/c1-17-10-8-6-4-5-7-9-11-25(32)33-26(17)19(3)12-18(2)22(29)16-21(28)13-20-14-23(30)27-24(31)15-20/h4,6,9,11-12,17-18,20-21,26,28H,5,7-8,10,13-16H2,1-3H3,(H,27,30,31)/b6-4+,11-9+,19-12+/t17-,18-,21+,26?/m0/s1.